The summed E-state index contributed by atoms with van der Waals surface area (Å²) in [6.45, 7) is 2.00. The Morgan fingerprint density at radius 3 is 2.71 bits per heavy atom. The molecule has 0 aliphatic rings. The Kier molecular flexibility index (Phi) is 4.91. The van der Waals surface area contributed by atoms with Crippen LogP contribution in [0.3, 0.4) is 0 Å². The van der Waals surface area contributed by atoms with Gasteiger partial charge in [-0.2, -0.15) is 0 Å². The van der Waals surface area contributed by atoms with E-state index in [-0.39, 0.29) is 12.3 Å². The van der Waals surface area contributed by atoms with Crippen LogP contribution in [0, 0.1) is 6.92 Å². The summed E-state index contributed by atoms with van der Waals surface area (Å²) in [5.41, 5.74) is 2.70. The number of nitrogens with zero attached hydrogens (tertiary/aromatic N) is 2. The summed E-state index contributed by atoms with van der Waals surface area (Å²) >= 11 is 5.81. The summed E-state index contributed by atoms with van der Waals surface area (Å²) in [4.78, 5) is 12.0. The average molecular weight is 342 g/mol. The molecule has 122 valence electrons. The maximum absolute atomic E-state index is 12.0. The van der Waals surface area contributed by atoms with Crippen LogP contribution in [0.1, 0.15) is 17.9 Å². The molecule has 0 fully saturated rings. The highest BCUT2D eigenvalue weighted by Gasteiger charge is 2.11. The van der Waals surface area contributed by atoms with Gasteiger partial charge in [0.1, 0.15) is 0 Å². The number of benzene rings is 2. The molecule has 0 atom stereocenters. The number of nitrogens with one attached hydrogen (secondary N) is 1. The Labute approximate surface area is 144 Å². The Balaban J connectivity index is 1.57. The van der Waals surface area contributed by atoms with Gasteiger partial charge in [-0.1, -0.05) is 29.3 Å². The summed E-state index contributed by atoms with van der Waals surface area (Å²) in [7, 11) is 0. The molecular formula is C18H16ClN3O2. The van der Waals surface area contributed by atoms with Crippen LogP contribution < -0.4 is 5.32 Å². The van der Waals surface area contributed by atoms with Crippen molar-refractivity contribution in [2.24, 2.45) is 0 Å². The molecular weight excluding hydrogens is 326 g/mol. The standard InChI is InChI=1S/C18H16ClN3O2/c1-12-3-2-4-13(11-12)18-22-21-17(24-18)10-9-16(23)20-15-7-5-14(19)6-8-15/h2-8,11H,9-10H2,1H3,(H,20,23). The third kappa shape index (κ3) is 4.20. The van der Waals surface area contributed by atoms with Crippen LogP contribution in [0.2, 0.25) is 5.02 Å². The summed E-state index contributed by atoms with van der Waals surface area (Å²) in [6, 6.07) is 14.8. The van der Waals surface area contributed by atoms with Gasteiger partial charge in [0.15, 0.2) is 0 Å². The fourth-order valence-corrected chi connectivity index (χ4v) is 2.35. The Morgan fingerprint density at radius 2 is 1.96 bits per heavy atom. The molecule has 1 heterocycles. The number of halogens is 1. The highest BCUT2D eigenvalue weighted by atomic mass is 35.5. The van der Waals surface area contributed by atoms with Crippen molar-refractivity contribution < 1.29 is 9.21 Å². The number of anilines is 1. The molecule has 1 aromatic heterocycles. The number of rotatable bonds is 5. The average Bonchev–Trinajstić information content (AvgIpc) is 3.04. The number of hydrogen-bond donors (Lipinski definition) is 1. The summed E-state index contributed by atoms with van der Waals surface area (Å²) in [5.74, 6) is 0.789. The lowest BCUT2D eigenvalue weighted by Crippen LogP contribution is -2.12. The minimum absolute atomic E-state index is 0.118. The molecule has 0 saturated heterocycles. The van der Waals surface area contributed by atoms with Gasteiger partial charge in [-0.15, -0.1) is 10.2 Å². The van der Waals surface area contributed by atoms with Gasteiger partial charge < -0.3 is 9.73 Å². The first-order valence-electron chi connectivity index (χ1n) is 7.55. The highest BCUT2D eigenvalue weighted by Crippen LogP contribution is 2.19. The topological polar surface area (TPSA) is 68.0 Å². The minimum atomic E-state index is -0.118. The van der Waals surface area contributed by atoms with E-state index < -0.39 is 0 Å². The van der Waals surface area contributed by atoms with Crippen LogP contribution in [0.15, 0.2) is 52.9 Å². The first kappa shape index (κ1) is 16.2. The van der Waals surface area contributed by atoms with Crippen molar-refractivity contribution in [1.29, 1.82) is 0 Å². The molecule has 3 rings (SSSR count). The second-order valence-electron chi connectivity index (χ2n) is 5.43. The van der Waals surface area contributed by atoms with Gasteiger partial charge in [0.25, 0.3) is 0 Å². The lowest BCUT2D eigenvalue weighted by atomic mass is 10.1. The van der Waals surface area contributed by atoms with Crippen LogP contribution >= 0.6 is 11.6 Å². The molecule has 0 unspecified atom stereocenters. The number of aryl methyl sites for hydroxylation is 2. The predicted molar refractivity (Wildman–Crippen MR) is 92.9 cm³/mol. The molecule has 0 radical (unpaired) electrons. The number of carbonyl (C=O) groups is 1. The van der Waals surface area contributed by atoms with Gasteiger partial charge in [-0.05, 0) is 43.3 Å². The Bertz CT molecular complexity index is 843. The predicted octanol–water partition coefficient (Wildman–Crippen LogP) is 4.27. The van der Waals surface area contributed by atoms with Crippen molar-refractivity contribution >= 4 is 23.2 Å². The van der Waals surface area contributed by atoms with Crippen LogP contribution in [0.5, 0.6) is 0 Å². The molecule has 3 aromatic rings. The maximum Gasteiger partial charge on any atom is 0.247 e. The van der Waals surface area contributed by atoms with Gasteiger partial charge >= 0.3 is 0 Å². The molecule has 0 saturated carbocycles. The largest absolute Gasteiger partial charge is 0.421 e. The normalized spacial score (nSPS) is 10.6. The fraction of sp³-hybridized carbons (Fsp3) is 0.167. The van der Waals surface area contributed by atoms with Crippen LogP contribution in [-0.4, -0.2) is 16.1 Å². The Morgan fingerprint density at radius 1 is 1.17 bits per heavy atom. The van der Waals surface area contributed by atoms with Gasteiger partial charge in [0.2, 0.25) is 17.7 Å². The molecule has 0 bridgehead atoms. The van der Waals surface area contributed by atoms with Gasteiger partial charge in [-0.3, -0.25) is 4.79 Å². The van der Waals surface area contributed by atoms with Crippen molar-refractivity contribution in [3.8, 4) is 11.5 Å². The lowest BCUT2D eigenvalue weighted by Gasteiger charge is -2.03. The summed E-state index contributed by atoms with van der Waals surface area (Å²) in [6.07, 6.45) is 0.649. The van der Waals surface area contributed by atoms with Crippen LogP contribution in [0.25, 0.3) is 11.5 Å². The van der Waals surface area contributed by atoms with E-state index in [0.29, 0.717) is 28.9 Å². The molecule has 6 heteroatoms. The molecule has 5 nitrogen and oxygen atoms in total. The van der Waals surface area contributed by atoms with Crippen molar-refractivity contribution in [2.75, 3.05) is 5.32 Å². The summed E-state index contributed by atoms with van der Waals surface area (Å²) < 4.78 is 5.62. The number of aromatic nitrogens is 2. The van der Waals surface area contributed by atoms with E-state index >= 15 is 0 Å². The third-order valence-electron chi connectivity index (χ3n) is 3.43. The first-order chi connectivity index (χ1) is 11.6. The zero-order chi connectivity index (χ0) is 16.9. The van der Waals surface area contributed by atoms with Gasteiger partial charge in [0, 0.05) is 29.1 Å². The molecule has 1 N–H and O–H groups in total. The number of hydrogen-bond acceptors (Lipinski definition) is 4. The fourth-order valence-electron chi connectivity index (χ4n) is 2.23. The van der Waals surface area contributed by atoms with E-state index in [1.54, 1.807) is 24.3 Å². The Hall–Kier alpha value is -2.66. The maximum atomic E-state index is 12.0. The monoisotopic (exact) mass is 341 g/mol. The second kappa shape index (κ2) is 7.27. The third-order valence-corrected chi connectivity index (χ3v) is 3.68. The van der Waals surface area contributed by atoms with Crippen molar-refractivity contribution in [3.05, 3.63) is 65.0 Å². The smallest absolute Gasteiger partial charge is 0.247 e. The second-order valence-corrected chi connectivity index (χ2v) is 5.86. The van der Waals surface area contributed by atoms with Crippen LogP contribution in [-0.2, 0) is 11.2 Å². The van der Waals surface area contributed by atoms with Crippen LogP contribution in [0.4, 0.5) is 5.69 Å². The van der Waals surface area contributed by atoms with E-state index in [9.17, 15) is 4.79 Å². The SMILES string of the molecule is Cc1cccc(-c2nnc(CCC(=O)Nc3ccc(Cl)cc3)o2)c1. The van der Waals surface area contributed by atoms with Crippen molar-refractivity contribution in [1.82, 2.24) is 10.2 Å². The number of carbonyl (C=O) groups excluding carboxylic acids is 1. The zero-order valence-corrected chi connectivity index (χ0v) is 13.9. The van der Waals surface area contributed by atoms with E-state index in [1.807, 2.05) is 31.2 Å². The zero-order valence-electron chi connectivity index (χ0n) is 13.1. The molecule has 0 spiro atoms. The van der Waals surface area contributed by atoms with Crippen molar-refractivity contribution in [3.63, 3.8) is 0 Å². The number of amides is 1. The molecule has 0 aliphatic heterocycles. The van der Waals surface area contributed by atoms with Gasteiger partial charge in [-0.25, -0.2) is 0 Å². The highest BCUT2D eigenvalue weighted by molar-refractivity contribution is 6.30. The minimum Gasteiger partial charge on any atom is -0.421 e. The molecule has 1 amide bonds. The van der Waals surface area contributed by atoms with E-state index in [2.05, 4.69) is 15.5 Å². The molecule has 0 aliphatic carbocycles. The van der Waals surface area contributed by atoms with Gasteiger partial charge in [0.05, 0.1) is 0 Å². The first-order valence-corrected chi connectivity index (χ1v) is 7.93. The quantitative estimate of drug-likeness (QED) is 0.752. The molecule has 2 aromatic carbocycles. The summed E-state index contributed by atoms with van der Waals surface area (Å²) in [5, 5.41) is 11.5. The van der Waals surface area contributed by atoms with E-state index in [1.165, 1.54) is 0 Å². The lowest BCUT2D eigenvalue weighted by molar-refractivity contribution is -0.116. The van der Waals surface area contributed by atoms with E-state index in [4.69, 9.17) is 16.0 Å². The van der Waals surface area contributed by atoms with E-state index in [0.717, 1.165) is 11.1 Å². The molecule has 24 heavy (non-hydrogen) atoms. The van der Waals surface area contributed by atoms with Crippen molar-refractivity contribution in [2.45, 2.75) is 19.8 Å².